The molecule has 4 heteroatoms. The Kier molecular flexibility index (Phi) is 3.21. The first kappa shape index (κ1) is 11.3. The zero-order chi connectivity index (χ0) is 11.7. The highest BCUT2D eigenvalue weighted by Gasteiger charge is 2.32. The van der Waals surface area contributed by atoms with Crippen LogP contribution in [0.3, 0.4) is 0 Å². The molecule has 1 N–H and O–H groups in total. The third-order valence-corrected chi connectivity index (χ3v) is 3.86. The molecule has 2 saturated heterocycles. The molecular formula is C13H17ClN2O. The maximum absolute atomic E-state index is 5.94. The van der Waals surface area contributed by atoms with Crippen molar-refractivity contribution in [2.24, 2.45) is 0 Å². The van der Waals surface area contributed by atoms with Gasteiger partial charge in [0.05, 0.1) is 0 Å². The summed E-state index contributed by atoms with van der Waals surface area (Å²) in [4.78, 5) is 4.18. The van der Waals surface area contributed by atoms with Gasteiger partial charge in [-0.1, -0.05) is 24.1 Å². The summed E-state index contributed by atoms with van der Waals surface area (Å²) in [5.74, 6) is 0.655. The smallest absolute Gasteiger partial charge is 0.214 e. The SMILES string of the molecule is Clc1cccc(OC2C[C@H]3CCC[C@@H](C2)N3)n1. The number of halogens is 1. The highest BCUT2D eigenvalue weighted by molar-refractivity contribution is 6.29. The number of fused-ring (bicyclic) bond motifs is 2. The summed E-state index contributed by atoms with van der Waals surface area (Å²) in [5.41, 5.74) is 0. The van der Waals surface area contributed by atoms with Crippen LogP contribution in [0.25, 0.3) is 0 Å². The second kappa shape index (κ2) is 4.83. The van der Waals surface area contributed by atoms with E-state index >= 15 is 0 Å². The number of nitrogens with zero attached hydrogens (tertiary/aromatic N) is 1. The minimum absolute atomic E-state index is 0.289. The van der Waals surface area contributed by atoms with Crippen LogP contribution in [-0.2, 0) is 0 Å². The summed E-state index contributed by atoms with van der Waals surface area (Å²) in [7, 11) is 0. The number of hydrogen-bond donors (Lipinski definition) is 1. The normalized spacial score (nSPS) is 32.2. The van der Waals surface area contributed by atoms with Crippen molar-refractivity contribution in [2.45, 2.75) is 50.3 Å². The summed E-state index contributed by atoms with van der Waals surface area (Å²) >= 11 is 5.85. The summed E-state index contributed by atoms with van der Waals surface area (Å²) < 4.78 is 5.94. The van der Waals surface area contributed by atoms with Gasteiger partial charge in [0.2, 0.25) is 5.88 Å². The molecule has 3 rings (SSSR count). The van der Waals surface area contributed by atoms with Gasteiger partial charge in [0.25, 0.3) is 0 Å². The fourth-order valence-electron chi connectivity index (χ4n) is 2.94. The first-order valence-corrected chi connectivity index (χ1v) is 6.72. The van der Waals surface area contributed by atoms with E-state index < -0.39 is 0 Å². The van der Waals surface area contributed by atoms with Crippen LogP contribution in [0.2, 0.25) is 5.15 Å². The van der Waals surface area contributed by atoms with Crippen LogP contribution in [0.15, 0.2) is 18.2 Å². The molecule has 92 valence electrons. The number of hydrogen-bond acceptors (Lipinski definition) is 3. The second-order valence-electron chi connectivity index (χ2n) is 5.00. The Morgan fingerprint density at radius 1 is 1.24 bits per heavy atom. The zero-order valence-electron chi connectivity index (χ0n) is 9.73. The van der Waals surface area contributed by atoms with Gasteiger partial charge in [-0.25, -0.2) is 4.98 Å². The lowest BCUT2D eigenvalue weighted by atomic mass is 9.85. The molecule has 3 heterocycles. The molecule has 0 radical (unpaired) electrons. The minimum Gasteiger partial charge on any atom is -0.474 e. The van der Waals surface area contributed by atoms with Crippen molar-refractivity contribution in [2.75, 3.05) is 0 Å². The molecule has 1 unspecified atom stereocenters. The maximum atomic E-state index is 5.94. The third kappa shape index (κ3) is 2.72. The Balaban J connectivity index is 1.65. The summed E-state index contributed by atoms with van der Waals surface area (Å²) in [5, 5.41) is 4.15. The van der Waals surface area contributed by atoms with Crippen molar-refractivity contribution in [1.82, 2.24) is 10.3 Å². The monoisotopic (exact) mass is 252 g/mol. The van der Waals surface area contributed by atoms with E-state index in [9.17, 15) is 0 Å². The van der Waals surface area contributed by atoms with Crippen LogP contribution in [0.4, 0.5) is 0 Å². The van der Waals surface area contributed by atoms with Gasteiger partial charge < -0.3 is 10.1 Å². The minimum atomic E-state index is 0.289. The zero-order valence-corrected chi connectivity index (χ0v) is 10.5. The van der Waals surface area contributed by atoms with Crippen molar-refractivity contribution in [3.05, 3.63) is 23.4 Å². The molecule has 0 amide bonds. The number of pyridine rings is 1. The first-order valence-electron chi connectivity index (χ1n) is 6.35. The van der Waals surface area contributed by atoms with Crippen LogP contribution < -0.4 is 10.1 Å². The predicted octanol–water partition coefficient (Wildman–Crippen LogP) is 2.79. The third-order valence-electron chi connectivity index (χ3n) is 3.65. The molecule has 2 bridgehead atoms. The average molecular weight is 253 g/mol. The molecule has 0 spiro atoms. The maximum Gasteiger partial charge on any atom is 0.214 e. The summed E-state index contributed by atoms with van der Waals surface area (Å²) in [6.07, 6.45) is 6.37. The van der Waals surface area contributed by atoms with Crippen molar-refractivity contribution in [1.29, 1.82) is 0 Å². The molecular weight excluding hydrogens is 236 g/mol. The molecule has 0 saturated carbocycles. The van der Waals surface area contributed by atoms with Crippen LogP contribution in [0.1, 0.15) is 32.1 Å². The highest BCUT2D eigenvalue weighted by Crippen LogP contribution is 2.28. The molecule has 2 fully saturated rings. The van der Waals surface area contributed by atoms with Gasteiger partial charge in [-0.2, -0.15) is 0 Å². The van der Waals surface area contributed by atoms with Gasteiger partial charge in [0.1, 0.15) is 11.3 Å². The lowest BCUT2D eigenvalue weighted by Crippen LogP contribution is -2.51. The molecule has 0 aliphatic carbocycles. The van der Waals surface area contributed by atoms with Crippen LogP contribution in [0.5, 0.6) is 5.88 Å². The van der Waals surface area contributed by atoms with Gasteiger partial charge in [-0.15, -0.1) is 0 Å². The van der Waals surface area contributed by atoms with Gasteiger partial charge >= 0.3 is 0 Å². The molecule has 1 aromatic heterocycles. The first-order chi connectivity index (χ1) is 8.29. The highest BCUT2D eigenvalue weighted by atomic mass is 35.5. The van der Waals surface area contributed by atoms with E-state index in [1.165, 1.54) is 19.3 Å². The van der Waals surface area contributed by atoms with Crippen LogP contribution >= 0.6 is 11.6 Å². The van der Waals surface area contributed by atoms with Crippen LogP contribution in [0, 0.1) is 0 Å². The van der Waals surface area contributed by atoms with Crippen molar-refractivity contribution in [3.8, 4) is 5.88 Å². The predicted molar refractivity (Wildman–Crippen MR) is 67.5 cm³/mol. The molecule has 3 atom stereocenters. The largest absolute Gasteiger partial charge is 0.474 e. The van der Waals surface area contributed by atoms with Crippen molar-refractivity contribution in [3.63, 3.8) is 0 Å². The van der Waals surface area contributed by atoms with Gasteiger partial charge in [0.15, 0.2) is 0 Å². The Morgan fingerprint density at radius 3 is 2.71 bits per heavy atom. The van der Waals surface area contributed by atoms with Gasteiger partial charge in [-0.3, -0.25) is 0 Å². The van der Waals surface area contributed by atoms with Gasteiger partial charge in [0, 0.05) is 18.2 Å². The topological polar surface area (TPSA) is 34.1 Å². The standard InChI is InChI=1S/C13H17ClN2O/c14-12-5-2-6-13(16-12)17-11-7-9-3-1-4-10(8-11)15-9/h2,5-6,9-11,15H,1,3-4,7-8H2/t9-,10+,11?. The summed E-state index contributed by atoms with van der Waals surface area (Å²) in [6.45, 7) is 0. The van der Waals surface area contributed by atoms with E-state index in [0.29, 0.717) is 23.1 Å². The second-order valence-corrected chi connectivity index (χ2v) is 5.39. The lowest BCUT2D eigenvalue weighted by molar-refractivity contribution is 0.0890. The fourth-order valence-corrected chi connectivity index (χ4v) is 3.09. The fraction of sp³-hybridized carbons (Fsp3) is 0.615. The number of rotatable bonds is 2. The van der Waals surface area contributed by atoms with E-state index in [-0.39, 0.29) is 6.10 Å². The molecule has 17 heavy (non-hydrogen) atoms. The van der Waals surface area contributed by atoms with E-state index in [0.717, 1.165) is 12.8 Å². The Morgan fingerprint density at radius 2 is 2.00 bits per heavy atom. The average Bonchev–Trinajstić information content (AvgIpc) is 2.28. The summed E-state index contributed by atoms with van der Waals surface area (Å²) in [6, 6.07) is 6.79. The van der Waals surface area contributed by atoms with E-state index in [1.807, 2.05) is 12.1 Å². The number of nitrogens with one attached hydrogen (secondary N) is 1. The Hall–Kier alpha value is -0.800. The molecule has 1 aromatic rings. The van der Waals surface area contributed by atoms with Crippen LogP contribution in [-0.4, -0.2) is 23.2 Å². The molecule has 2 aliphatic rings. The molecule has 2 aliphatic heterocycles. The molecule has 3 nitrogen and oxygen atoms in total. The van der Waals surface area contributed by atoms with Crippen molar-refractivity contribution >= 4 is 11.6 Å². The van der Waals surface area contributed by atoms with E-state index in [2.05, 4.69) is 10.3 Å². The number of ether oxygens (including phenoxy) is 1. The van der Waals surface area contributed by atoms with E-state index in [4.69, 9.17) is 16.3 Å². The molecule has 0 aromatic carbocycles. The number of aromatic nitrogens is 1. The number of piperidine rings is 2. The Labute approximate surface area is 107 Å². The van der Waals surface area contributed by atoms with Gasteiger partial charge in [-0.05, 0) is 31.7 Å². The van der Waals surface area contributed by atoms with E-state index in [1.54, 1.807) is 6.07 Å². The lowest BCUT2D eigenvalue weighted by Gasteiger charge is -2.40. The Bertz CT molecular complexity index is 387. The van der Waals surface area contributed by atoms with Crippen molar-refractivity contribution < 1.29 is 4.74 Å². The quantitative estimate of drug-likeness (QED) is 0.822.